The Morgan fingerprint density at radius 1 is 1.30 bits per heavy atom. The number of alkyl halides is 3. The third kappa shape index (κ3) is 3.50. The predicted octanol–water partition coefficient (Wildman–Crippen LogP) is 2.04. The molecule has 0 amide bonds. The zero-order valence-corrected chi connectivity index (χ0v) is 10.8. The molecule has 1 aliphatic rings. The van der Waals surface area contributed by atoms with Crippen LogP contribution in [-0.4, -0.2) is 27.7 Å². The zero-order chi connectivity index (χ0) is 14.8. The van der Waals surface area contributed by atoms with Gasteiger partial charge in [-0.25, -0.2) is 4.98 Å². The second-order valence-electron chi connectivity index (χ2n) is 4.97. The highest BCUT2D eigenvalue weighted by atomic mass is 19.4. The fourth-order valence-electron chi connectivity index (χ4n) is 2.49. The second kappa shape index (κ2) is 5.82. The summed E-state index contributed by atoms with van der Waals surface area (Å²) in [6.45, 7) is 0.00433. The van der Waals surface area contributed by atoms with Gasteiger partial charge in [0.15, 0.2) is 5.69 Å². The van der Waals surface area contributed by atoms with Gasteiger partial charge in [-0.1, -0.05) is 12.8 Å². The average molecular weight is 290 g/mol. The van der Waals surface area contributed by atoms with Crippen LogP contribution < -0.4 is 11.1 Å². The number of aliphatic hydroxyl groups excluding tert-OH is 1. The van der Waals surface area contributed by atoms with Gasteiger partial charge in [0.1, 0.15) is 5.82 Å². The molecule has 4 N–H and O–H groups in total. The van der Waals surface area contributed by atoms with Gasteiger partial charge in [0, 0.05) is 24.6 Å². The number of anilines is 2. The molecular formula is C12H17F3N4O. The number of hydrogen-bond acceptors (Lipinski definition) is 5. The second-order valence-corrected chi connectivity index (χ2v) is 4.97. The Labute approximate surface area is 114 Å². The van der Waals surface area contributed by atoms with Gasteiger partial charge in [-0.3, -0.25) is 0 Å². The molecule has 1 fully saturated rings. The van der Waals surface area contributed by atoms with Crippen LogP contribution in [-0.2, 0) is 6.18 Å². The molecule has 0 saturated heterocycles. The van der Waals surface area contributed by atoms with Gasteiger partial charge in [0.2, 0.25) is 5.95 Å². The normalized spacial score (nSPS) is 23.6. The van der Waals surface area contributed by atoms with Crippen LogP contribution in [0.1, 0.15) is 31.4 Å². The van der Waals surface area contributed by atoms with Crippen molar-refractivity contribution < 1.29 is 18.3 Å². The van der Waals surface area contributed by atoms with Crippen LogP contribution in [0.3, 0.4) is 0 Å². The first-order chi connectivity index (χ1) is 9.40. The first-order valence-electron chi connectivity index (χ1n) is 6.49. The quantitative estimate of drug-likeness (QED) is 0.793. The van der Waals surface area contributed by atoms with E-state index in [0.717, 1.165) is 31.7 Å². The SMILES string of the molecule is Nc1nc(NC2CCCCC2CO)cc(C(F)(F)F)n1. The van der Waals surface area contributed by atoms with Crippen molar-refractivity contribution in [2.75, 3.05) is 17.7 Å². The molecule has 20 heavy (non-hydrogen) atoms. The van der Waals surface area contributed by atoms with E-state index < -0.39 is 17.8 Å². The summed E-state index contributed by atoms with van der Waals surface area (Å²) >= 11 is 0. The van der Waals surface area contributed by atoms with Crippen molar-refractivity contribution in [2.24, 2.45) is 5.92 Å². The number of nitrogen functional groups attached to an aromatic ring is 1. The third-order valence-corrected chi connectivity index (χ3v) is 3.51. The number of nitrogens with zero attached hydrogens (tertiary/aromatic N) is 2. The van der Waals surface area contributed by atoms with E-state index in [1.807, 2.05) is 0 Å². The molecule has 2 atom stereocenters. The molecule has 0 radical (unpaired) electrons. The highest BCUT2D eigenvalue weighted by molar-refractivity contribution is 5.42. The van der Waals surface area contributed by atoms with Crippen LogP contribution in [0.15, 0.2) is 6.07 Å². The van der Waals surface area contributed by atoms with Crippen LogP contribution in [0, 0.1) is 5.92 Å². The Morgan fingerprint density at radius 2 is 2.00 bits per heavy atom. The fraction of sp³-hybridized carbons (Fsp3) is 0.667. The lowest BCUT2D eigenvalue weighted by Crippen LogP contribution is -2.34. The number of nitrogens with one attached hydrogen (secondary N) is 1. The van der Waals surface area contributed by atoms with Gasteiger partial charge in [0.25, 0.3) is 0 Å². The molecular weight excluding hydrogens is 273 g/mol. The first kappa shape index (κ1) is 14.8. The molecule has 0 aromatic carbocycles. The van der Waals surface area contributed by atoms with E-state index in [1.165, 1.54) is 0 Å². The third-order valence-electron chi connectivity index (χ3n) is 3.51. The predicted molar refractivity (Wildman–Crippen MR) is 67.9 cm³/mol. The van der Waals surface area contributed by atoms with Crippen LogP contribution in [0.2, 0.25) is 0 Å². The topological polar surface area (TPSA) is 84.1 Å². The summed E-state index contributed by atoms with van der Waals surface area (Å²) in [4.78, 5) is 6.97. The monoisotopic (exact) mass is 290 g/mol. The summed E-state index contributed by atoms with van der Waals surface area (Å²) < 4.78 is 38.0. The van der Waals surface area contributed by atoms with Crippen LogP contribution in [0.4, 0.5) is 24.9 Å². The number of aliphatic hydroxyl groups is 1. The van der Waals surface area contributed by atoms with E-state index >= 15 is 0 Å². The number of rotatable bonds is 3. The maximum Gasteiger partial charge on any atom is 0.433 e. The van der Waals surface area contributed by atoms with Crippen molar-refractivity contribution in [1.82, 2.24) is 9.97 Å². The largest absolute Gasteiger partial charge is 0.433 e. The first-order valence-corrected chi connectivity index (χ1v) is 6.49. The molecule has 0 aliphatic heterocycles. The summed E-state index contributed by atoms with van der Waals surface area (Å²) in [5, 5.41) is 12.2. The van der Waals surface area contributed by atoms with Gasteiger partial charge in [-0.15, -0.1) is 0 Å². The molecule has 1 saturated carbocycles. The molecule has 2 rings (SSSR count). The maximum atomic E-state index is 12.7. The van der Waals surface area contributed by atoms with Gasteiger partial charge in [-0.05, 0) is 12.8 Å². The minimum absolute atomic E-state index is 0.00433. The number of hydrogen-bond donors (Lipinski definition) is 3. The average Bonchev–Trinajstić information content (AvgIpc) is 2.37. The van der Waals surface area contributed by atoms with Crippen LogP contribution >= 0.6 is 0 Å². The molecule has 0 spiro atoms. The maximum absolute atomic E-state index is 12.7. The lowest BCUT2D eigenvalue weighted by atomic mass is 9.85. The highest BCUT2D eigenvalue weighted by Crippen LogP contribution is 2.31. The van der Waals surface area contributed by atoms with E-state index in [0.29, 0.717) is 0 Å². The van der Waals surface area contributed by atoms with Gasteiger partial charge >= 0.3 is 6.18 Å². The van der Waals surface area contributed by atoms with Crippen molar-refractivity contribution in [1.29, 1.82) is 0 Å². The van der Waals surface area contributed by atoms with Crippen molar-refractivity contribution in [3.05, 3.63) is 11.8 Å². The molecule has 1 aromatic heterocycles. The van der Waals surface area contributed by atoms with E-state index in [9.17, 15) is 18.3 Å². The minimum atomic E-state index is -4.56. The lowest BCUT2D eigenvalue weighted by Gasteiger charge is -2.31. The Bertz CT molecular complexity index is 467. The summed E-state index contributed by atoms with van der Waals surface area (Å²) in [5.41, 5.74) is 4.25. The van der Waals surface area contributed by atoms with Crippen molar-refractivity contribution >= 4 is 11.8 Å². The Hall–Kier alpha value is -1.57. The Morgan fingerprint density at radius 3 is 2.65 bits per heavy atom. The molecule has 8 heteroatoms. The van der Waals surface area contributed by atoms with Gasteiger partial charge in [-0.2, -0.15) is 18.2 Å². The lowest BCUT2D eigenvalue weighted by molar-refractivity contribution is -0.141. The molecule has 2 unspecified atom stereocenters. The number of halogens is 3. The molecule has 5 nitrogen and oxygen atoms in total. The smallest absolute Gasteiger partial charge is 0.396 e. The summed E-state index contributed by atoms with van der Waals surface area (Å²) in [6, 6.07) is 0.753. The Kier molecular flexibility index (Phi) is 4.32. The van der Waals surface area contributed by atoms with E-state index in [1.54, 1.807) is 0 Å². The van der Waals surface area contributed by atoms with Crippen molar-refractivity contribution in [3.8, 4) is 0 Å². The Balaban J connectivity index is 2.18. The fourth-order valence-corrected chi connectivity index (χ4v) is 2.49. The molecule has 0 bridgehead atoms. The molecule has 1 aliphatic carbocycles. The summed E-state index contributed by atoms with van der Waals surface area (Å²) in [6.07, 6.45) is -0.933. The minimum Gasteiger partial charge on any atom is -0.396 e. The summed E-state index contributed by atoms with van der Waals surface area (Å²) in [7, 11) is 0. The van der Waals surface area contributed by atoms with Gasteiger partial charge in [0.05, 0.1) is 0 Å². The van der Waals surface area contributed by atoms with E-state index in [4.69, 9.17) is 5.73 Å². The van der Waals surface area contributed by atoms with Crippen LogP contribution in [0.25, 0.3) is 0 Å². The number of nitrogens with two attached hydrogens (primary N) is 1. The highest BCUT2D eigenvalue weighted by Gasteiger charge is 2.34. The zero-order valence-electron chi connectivity index (χ0n) is 10.8. The van der Waals surface area contributed by atoms with E-state index in [-0.39, 0.29) is 24.4 Å². The number of aromatic nitrogens is 2. The van der Waals surface area contributed by atoms with E-state index in [2.05, 4.69) is 15.3 Å². The van der Waals surface area contributed by atoms with Gasteiger partial charge < -0.3 is 16.2 Å². The van der Waals surface area contributed by atoms with Crippen molar-refractivity contribution in [2.45, 2.75) is 37.9 Å². The molecule has 112 valence electrons. The standard InChI is InChI=1S/C12H17F3N4O/c13-12(14,15)9-5-10(19-11(16)18-9)17-8-4-2-1-3-7(8)6-20/h5,7-8,20H,1-4,6H2,(H3,16,17,18,19). The molecule has 1 heterocycles. The van der Waals surface area contributed by atoms with Crippen LogP contribution in [0.5, 0.6) is 0 Å². The summed E-state index contributed by atoms with van der Waals surface area (Å²) in [5.74, 6) is -0.344. The molecule has 1 aromatic rings. The van der Waals surface area contributed by atoms with Crippen molar-refractivity contribution in [3.63, 3.8) is 0 Å².